The third kappa shape index (κ3) is 3.95. The molecule has 1 aliphatic heterocycles. The molecule has 0 saturated heterocycles. The Hall–Kier alpha value is -4.06. The zero-order chi connectivity index (χ0) is 22.8. The van der Waals surface area contributed by atoms with E-state index in [0.29, 0.717) is 11.3 Å². The van der Waals surface area contributed by atoms with Crippen LogP contribution in [0.4, 0.5) is 17.1 Å². The minimum Gasteiger partial charge on any atom is -0.508 e. The van der Waals surface area contributed by atoms with E-state index in [-0.39, 0.29) is 17.1 Å². The molecule has 6 heteroatoms. The number of anilines is 3. The highest BCUT2D eigenvalue weighted by Crippen LogP contribution is 2.42. The van der Waals surface area contributed by atoms with Gasteiger partial charge in [0.25, 0.3) is 5.91 Å². The Morgan fingerprint density at radius 2 is 1.47 bits per heavy atom. The molecule has 3 N–H and O–H groups in total. The van der Waals surface area contributed by atoms with Crippen molar-refractivity contribution in [3.63, 3.8) is 0 Å². The second-order valence-corrected chi connectivity index (χ2v) is 7.99. The maximum Gasteiger partial charge on any atom is 0.294 e. The van der Waals surface area contributed by atoms with Gasteiger partial charge in [-0.15, -0.1) is 0 Å². The summed E-state index contributed by atoms with van der Waals surface area (Å²) in [6, 6.07) is 22.4. The first-order valence-electron chi connectivity index (χ1n) is 10.4. The molecule has 0 radical (unpaired) electrons. The van der Waals surface area contributed by atoms with E-state index in [9.17, 15) is 19.8 Å². The van der Waals surface area contributed by atoms with E-state index in [1.54, 1.807) is 38.1 Å². The Morgan fingerprint density at radius 3 is 2.06 bits per heavy atom. The number of aliphatic hydroxyl groups is 1. The summed E-state index contributed by atoms with van der Waals surface area (Å²) >= 11 is 0. The first kappa shape index (κ1) is 21.2. The highest BCUT2D eigenvalue weighted by atomic mass is 16.3. The van der Waals surface area contributed by atoms with Crippen LogP contribution in [-0.4, -0.2) is 21.9 Å². The summed E-state index contributed by atoms with van der Waals surface area (Å²) in [4.78, 5) is 27.4. The molecule has 3 aromatic rings. The molecule has 162 valence electrons. The number of amides is 1. The summed E-state index contributed by atoms with van der Waals surface area (Å²) in [6.07, 6.45) is 0. The highest BCUT2D eigenvalue weighted by molar-refractivity contribution is 6.16. The van der Waals surface area contributed by atoms with Crippen LogP contribution in [0.15, 0.2) is 90.2 Å². The average Bonchev–Trinajstić information content (AvgIpc) is 3.05. The molecule has 0 bridgehead atoms. The molecule has 1 aliphatic rings. The van der Waals surface area contributed by atoms with Crippen molar-refractivity contribution in [3.05, 3.63) is 95.8 Å². The van der Waals surface area contributed by atoms with Crippen molar-refractivity contribution in [1.82, 2.24) is 0 Å². The topological polar surface area (TPSA) is 89.9 Å². The third-order valence-corrected chi connectivity index (χ3v) is 5.41. The Kier molecular flexibility index (Phi) is 5.69. The Bertz CT molecular complexity index is 1170. The van der Waals surface area contributed by atoms with Crippen LogP contribution in [0.3, 0.4) is 0 Å². The van der Waals surface area contributed by atoms with Crippen LogP contribution in [0.2, 0.25) is 0 Å². The van der Waals surface area contributed by atoms with Gasteiger partial charge in [-0.2, -0.15) is 0 Å². The Balaban J connectivity index is 1.72. The molecule has 4 rings (SSSR count). The van der Waals surface area contributed by atoms with E-state index in [4.69, 9.17) is 0 Å². The van der Waals surface area contributed by atoms with Gasteiger partial charge in [-0.05, 0) is 54.1 Å². The minimum absolute atomic E-state index is 0.0715. The summed E-state index contributed by atoms with van der Waals surface area (Å²) < 4.78 is 0. The maximum absolute atomic E-state index is 13.1. The normalized spacial score (nSPS) is 16.0. The monoisotopic (exact) mass is 428 g/mol. The number of nitrogens with one attached hydrogen (secondary N) is 1. The van der Waals surface area contributed by atoms with Crippen molar-refractivity contribution in [3.8, 4) is 5.75 Å². The number of aromatic hydroxyl groups is 1. The molecule has 32 heavy (non-hydrogen) atoms. The number of hydrogen-bond donors (Lipinski definition) is 3. The molecular formula is C26H24N2O4. The van der Waals surface area contributed by atoms with Crippen molar-refractivity contribution in [1.29, 1.82) is 0 Å². The summed E-state index contributed by atoms with van der Waals surface area (Å²) in [5.41, 5.74) is 3.01. The van der Waals surface area contributed by atoms with E-state index in [1.165, 1.54) is 17.0 Å². The van der Waals surface area contributed by atoms with Crippen LogP contribution in [0, 0.1) is 5.92 Å². The smallest absolute Gasteiger partial charge is 0.294 e. The predicted molar refractivity (Wildman–Crippen MR) is 124 cm³/mol. The molecule has 0 fully saturated rings. The molecule has 0 aliphatic carbocycles. The number of benzene rings is 3. The van der Waals surface area contributed by atoms with E-state index in [0.717, 1.165) is 11.4 Å². The molecule has 1 amide bonds. The van der Waals surface area contributed by atoms with Gasteiger partial charge >= 0.3 is 0 Å². The Labute approximate surface area is 186 Å². The molecule has 0 aromatic heterocycles. The van der Waals surface area contributed by atoms with Crippen LogP contribution in [0.25, 0.3) is 0 Å². The number of aliphatic hydroxyl groups excluding tert-OH is 1. The second-order valence-electron chi connectivity index (χ2n) is 7.99. The van der Waals surface area contributed by atoms with Crippen molar-refractivity contribution in [2.45, 2.75) is 19.9 Å². The zero-order valence-corrected chi connectivity index (χ0v) is 17.8. The SMILES string of the molecule is CC(C)C(=O)C1=C(O)C(=O)N(c2ccc(Nc3ccccc3)cc2)C1c1ccc(O)cc1. The van der Waals surface area contributed by atoms with Crippen LogP contribution in [0.1, 0.15) is 25.5 Å². The van der Waals surface area contributed by atoms with Gasteiger partial charge in [0.05, 0.1) is 11.6 Å². The molecular weight excluding hydrogens is 404 g/mol. The van der Waals surface area contributed by atoms with E-state index in [2.05, 4.69) is 5.32 Å². The van der Waals surface area contributed by atoms with Gasteiger partial charge in [0, 0.05) is 23.0 Å². The lowest BCUT2D eigenvalue weighted by Crippen LogP contribution is -2.31. The molecule has 6 nitrogen and oxygen atoms in total. The van der Waals surface area contributed by atoms with Gasteiger partial charge in [0.1, 0.15) is 5.75 Å². The lowest BCUT2D eigenvalue weighted by Gasteiger charge is -2.27. The van der Waals surface area contributed by atoms with E-state index < -0.39 is 23.6 Å². The maximum atomic E-state index is 13.1. The van der Waals surface area contributed by atoms with Gasteiger partial charge in [-0.25, -0.2) is 0 Å². The van der Waals surface area contributed by atoms with Crippen LogP contribution >= 0.6 is 0 Å². The number of carbonyl (C=O) groups is 2. The molecule has 0 saturated carbocycles. The van der Waals surface area contributed by atoms with Crippen LogP contribution < -0.4 is 10.2 Å². The van der Waals surface area contributed by atoms with Gasteiger partial charge < -0.3 is 15.5 Å². The molecule has 1 heterocycles. The van der Waals surface area contributed by atoms with Crippen molar-refractivity contribution < 1.29 is 19.8 Å². The second kappa shape index (κ2) is 8.59. The van der Waals surface area contributed by atoms with Gasteiger partial charge in [0.15, 0.2) is 11.5 Å². The quantitative estimate of drug-likeness (QED) is 0.498. The first-order valence-corrected chi connectivity index (χ1v) is 10.4. The summed E-state index contributed by atoms with van der Waals surface area (Å²) in [5.74, 6) is -1.77. The fraction of sp³-hybridized carbons (Fsp3) is 0.154. The van der Waals surface area contributed by atoms with Crippen molar-refractivity contribution >= 4 is 28.8 Å². The predicted octanol–water partition coefficient (Wildman–Crippen LogP) is 5.26. The summed E-state index contributed by atoms with van der Waals surface area (Å²) in [7, 11) is 0. The number of phenols is 1. The van der Waals surface area contributed by atoms with Gasteiger partial charge in [0.2, 0.25) is 0 Å². The van der Waals surface area contributed by atoms with E-state index in [1.807, 2.05) is 42.5 Å². The average molecular weight is 428 g/mol. The Morgan fingerprint density at radius 1 is 0.875 bits per heavy atom. The third-order valence-electron chi connectivity index (χ3n) is 5.41. The summed E-state index contributed by atoms with van der Waals surface area (Å²) in [6.45, 7) is 3.46. The fourth-order valence-electron chi connectivity index (χ4n) is 3.80. The molecule has 1 atom stereocenters. The number of nitrogens with zero attached hydrogens (tertiary/aromatic N) is 1. The minimum atomic E-state index is -0.786. The first-order chi connectivity index (χ1) is 15.4. The fourth-order valence-corrected chi connectivity index (χ4v) is 3.80. The lowest BCUT2D eigenvalue weighted by molar-refractivity contribution is -0.119. The van der Waals surface area contributed by atoms with Crippen LogP contribution in [0.5, 0.6) is 5.75 Å². The van der Waals surface area contributed by atoms with E-state index >= 15 is 0 Å². The highest BCUT2D eigenvalue weighted by Gasteiger charge is 2.44. The number of ketones is 1. The number of hydrogen-bond acceptors (Lipinski definition) is 5. The standard InChI is InChI=1S/C26H24N2O4/c1-16(2)24(30)22-23(17-8-14-21(29)15-9-17)28(26(32)25(22)31)20-12-10-19(11-13-20)27-18-6-4-3-5-7-18/h3-16,23,27,29,31H,1-2H3. The lowest BCUT2D eigenvalue weighted by atomic mass is 9.91. The molecule has 1 unspecified atom stereocenters. The van der Waals surface area contributed by atoms with Gasteiger partial charge in [-0.1, -0.05) is 44.2 Å². The molecule has 0 spiro atoms. The number of phenolic OH excluding ortho intramolecular Hbond substituents is 1. The largest absolute Gasteiger partial charge is 0.508 e. The number of para-hydroxylation sites is 1. The van der Waals surface area contributed by atoms with Crippen LogP contribution in [-0.2, 0) is 9.59 Å². The van der Waals surface area contributed by atoms with Crippen molar-refractivity contribution in [2.24, 2.45) is 5.92 Å². The number of rotatable bonds is 6. The number of carbonyl (C=O) groups excluding carboxylic acids is 2. The molecule has 3 aromatic carbocycles. The zero-order valence-electron chi connectivity index (χ0n) is 17.8. The van der Waals surface area contributed by atoms with Gasteiger partial charge in [-0.3, -0.25) is 14.5 Å². The van der Waals surface area contributed by atoms with Crippen molar-refractivity contribution in [2.75, 3.05) is 10.2 Å². The number of Topliss-reactive ketones (excluding diaryl/α,β-unsaturated/α-hetero) is 1. The summed E-state index contributed by atoms with van der Waals surface area (Å²) in [5, 5.41) is 23.6.